The lowest BCUT2D eigenvalue weighted by Gasteiger charge is -2.31. The molecule has 3 aromatic rings. The Morgan fingerprint density at radius 1 is 1.15 bits per heavy atom. The third-order valence-corrected chi connectivity index (χ3v) is 5.29. The Morgan fingerprint density at radius 3 is 2.56 bits per heavy atom. The van der Waals surface area contributed by atoms with Crippen LogP contribution < -0.4 is 5.32 Å². The quantitative estimate of drug-likeness (QED) is 0.484. The summed E-state index contributed by atoms with van der Waals surface area (Å²) in [5, 5.41) is 31.4. The molecule has 2 aromatic heterocycles. The van der Waals surface area contributed by atoms with E-state index < -0.39 is 47.2 Å². The van der Waals surface area contributed by atoms with Gasteiger partial charge in [-0.2, -0.15) is 5.26 Å². The van der Waals surface area contributed by atoms with Crippen LogP contribution in [0.3, 0.4) is 0 Å². The van der Waals surface area contributed by atoms with Crippen molar-refractivity contribution in [3.63, 3.8) is 0 Å². The van der Waals surface area contributed by atoms with Crippen molar-refractivity contribution in [2.24, 2.45) is 0 Å². The number of hydrogen-bond acceptors (Lipinski definition) is 8. The van der Waals surface area contributed by atoms with Crippen molar-refractivity contribution in [2.45, 2.75) is 24.7 Å². The Bertz CT molecular complexity index is 1230. The molecule has 174 valence electrons. The van der Waals surface area contributed by atoms with Gasteiger partial charge in [0.1, 0.15) is 36.1 Å². The van der Waals surface area contributed by atoms with Crippen LogP contribution in [0.25, 0.3) is 22.5 Å². The van der Waals surface area contributed by atoms with E-state index in [0.717, 1.165) is 12.1 Å². The van der Waals surface area contributed by atoms with Gasteiger partial charge in [0.25, 0.3) is 5.91 Å². The fourth-order valence-corrected chi connectivity index (χ4v) is 3.66. The summed E-state index contributed by atoms with van der Waals surface area (Å²) in [6.45, 7) is -0.555. The van der Waals surface area contributed by atoms with E-state index >= 15 is 0 Å². The SMILES string of the molecule is N#CCNC(=O)c1nc(-c2c(F)cccc2F)nc(C2CC(O)C(O)CO2)c1-c1cccnc1. The number of halogens is 2. The summed E-state index contributed by atoms with van der Waals surface area (Å²) < 4.78 is 34.9. The number of pyridine rings is 1. The van der Waals surface area contributed by atoms with Gasteiger partial charge in [-0.25, -0.2) is 18.7 Å². The number of aliphatic hydroxyl groups excluding tert-OH is 2. The Labute approximate surface area is 192 Å². The first kappa shape index (κ1) is 23.3. The van der Waals surface area contributed by atoms with Gasteiger partial charge < -0.3 is 20.3 Å². The molecule has 9 nitrogen and oxygen atoms in total. The number of benzene rings is 1. The minimum atomic E-state index is -1.15. The van der Waals surface area contributed by atoms with Gasteiger partial charge in [0.2, 0.25) is 0 Å². The third kappa shape index (κ3) is 4.60. The van der Waals surface area contributed by atoms with Gasteiger partial charge in [-0.15, -0.1) is 0 Å². The number of nitriles is 1. The average Bonchev–Trinajstić information content (AvgIpc) is 2.84. The molecular formula is C23H19F2N5O4. The number of ether oxygens (including phenoxy) is 1. The number of rotatable bonds is 5. The van der Waals surface area contributed by atoms with Crippen LogP contribution in [-0.2, 0) is 4.74 Å². The minimum absolute atomic E-state index is 0.0775. The van der Waals surface area contributed by atoms with Crippen LogP contribution in [0, 0.1) is 23.0 Å². The largest absolute Gasteiger partial charge is 0.390 e. The van der Waals surface area contributed by atoms with Gasteiger partial charge in [0, 0.05) is 29.9 Å². The lowest BCUT2D eigenvalue weighted by molar-refractivity contribution is -0.123. The molecule has 3 N–H and O–H groups in total. The molecule has 11 heteroatoms. The van der Waals surface area contributed by atoms with Crippen molar-refractivity contribution in [1.82, 2.24) is 20.3 Å². The Kier molecular flexibility index (Phi) is 6.83. The van der Waals surface area contributed by atoms with Crippen LogP contribution in [0.15, 0.2) is 42.7 Å². The lowest BCUT2D eigenvalue weighted by atomic mass is 9.94. The monoisotopic (exact) mass is 467 g/mol. The van der Waals surface area contributed by atoms with E-state index in [1.165, 1.54) is 18.5 Å². The molecule has 0 bridgehead atoms. The van der Waals surface area contributed by atoms with Crippen molar-refractivity contribution >= 4 is 5.91 Å². The molecule has 1 saturated heterocycles. The van der Waals surface area contributed by atoms with Gasteiger partial charge in [0.15, 0.2) is 5.82 Å². The smallest absolute Gasteiger partial charge is 0.271 e. The van der Waals surface area contributed by atoms with Gasteiger partial charge in [-0.05, 0) is 18.2 Å². The number of aromatic nitrogens is 3. The normalized spacial score (nSPS) is 19.9. The number of amides is 1. The molecule has 0 aliphatic carbocycles. The first-order valence-electron chi connectivity index (χ1n) is 10.3. The van der Waals surface area contributed by atoms with Crippen molar-refractivity contribution < 1.29 is 28.5 Å². The Morgan fingerprint density at radius 2 is 1.91 bits per heavy atom. The molecule has 3 unspecified atom stereocenters. The Balaban J connectivity index is 2.00. The summed E-state index contributed by atoms with van der Waals surface area (Å²) >= 11 is 0. The second kappa shape index (κ2) is 9.96. The molecule has 0 radical (unpaired) electrons. The van der Waals surface area contributed by atoms with Crippen molar-refractivity contribution in [1.29, 1.82) is 5.26 Å². The summed E-state index contributed by atoms with van der Waals surface area (Å²) in [6.07, 6.45) is -0.348. The van der Waals surface area contributed by atoms with Gasteiger partial charge in [-0.3, -0.25) is 9.78 Å². The molecule has 0 spiro atoms. The van der Waals surface area contributed by atoms with E-state index in [1.54, 1.807) is 18.2 Å². The van der Waals surface area contributed by atoms with Gasteiger partial charge in [0.05, 0.1) is 30.0 Å². The summed E-state index contributed by atoms with van der Waals surface area (Å²) in [7, 11) is 0. The molecule has 1 amide bonds. The number of carbonyl (C=O) groups excluding carboxylic acids is 1. The van der Waals surface area contributed by atoms with Crippen molar-refractivity contribution in [3.8, 4) is 28.6 Å². The van der Waals surface area contributed by atoms with Crippen LogP contribution in [0.5, 0.6) is 0 Å². The van der Waals surface area contributed by atoms with Crippen molar-refractivity contribution in [2.75, 3.05) is 13.2 Å². The van der Waals surface area contributed by atoms with E-state index in [1.807, 2.05) is 0 Å². The average molecular weight is 467 g/mol. The van der Waals surface area contributed by atoms with Crippen LogP contribution >= 0.6 is 0 Å². The maximum Gasteiger partial charge on any atom is 0.271 e. The van der Waals surface area contributed by atoms with Gasteiger partial charge >= 0.3 is 0 Å². The van der Waals surface area contributed by atoms with Crippen molar-refractivity contribution in [3.05, 3.63) is 65.7 Å². The summed E-state index contributed by atoms with van der Waals surface area (Å²) in [5.74, 6) is -3.07. The van der Waals surface area contributed by atoms with E-state index in [2.05, 4.69) is 20.3 Å². The second-order valence-corrected chi connectivity index (χ2v) is 7.53. The molecule has 34 heavy (non-hydrogen) atoms. The molecule has 1 aliphatic heterocycles. The summed E-state index contributed by atoms with van der Waals surface area (Å²) in [4.78, 5) is 25.6. The molecule has 3 atom stereocenters. The number of carbonyl (C=O) groups is 1. The molecule has 3 heterocycles. The topological polar surface area (TPSA) is 141 Å². The minimum Gasteiger partial charge on any atom is -0.390 e. The molecule has 4 rings (SSSR count). The highest BCUT2D eigenvalue weighted by molar-refractivity contribution is 6.00. The van der Waals surface area contributed by atoms with Crippen LogP contribution in [0.4, 0.5) is 8.78 Å². The van der Waals surface area contributed by atoms with Gasteiger partial charge in [-0.1, -0.05) is 12.1 Å². The zero-order chi connectivity index (χ0) is 24.2. The number of aliphatic hydroxyl groups is 2. The van der Waals surface area contributed by atoms with Crippen LogP contribution in [0.1, 0.15) is 28.7 Å². The third-order valence-electron chi connectivity index (χ3n) is 5.29. The fraction of sp³-hybridized carbons (Fsp3) is 0.261. The molecule has 0 saturated carbocycles. The van der Waals surface area contributed by atoms with E-state index in [4.69, 9.17) is 10.00 Å². The second-order valence-electron chi connectivity index (χ2n) is 7.53. The zero-order valence-corrected chi connectivity index (χ0v) is 17.7. The highest BCUT2D eigenvalue weighted by Gasteiger charge is 2.34. The standard InChI is InChI=1S/C23H19F2N5O4/c24-13-4-1-5-14(25)19(13)22-29-20(17-9-15(31)16(32)11-34-17)18(12-3-2-7-27-10-12)21(30-22)23(33)28-8-6-26/h1-5,7,10,15-17,31-32H,8-9,11H2,(H,28,33). The maximum absolute atomic E-state index is 14.6. The van der Waals surface area contributed by atoms with Crippen LogP contribution in [0.2, 0.25) is 0 Å². The van der Waals surface area contributed by atoms with E-state index in [0.29, 0.717) is 5.56 Å². The number of nitrogens with zero attached hydrogens (tertiary/aromatic N) is 4. The first-order valence-corrected chi connectivity index (χ1v) is 10.3. The number of hydrogen-bond donors (Lipinski definition) is 3. The highest BCUT2D eigenvalue weighted by atomic mass is 19.1. The molecule has 1 fully saturated rings. The summed E-state index contributed by atoms with van der Waals surface area (Å²) in [6, 6.07) is 8.28. The van der Waals surface area contributed by atoms with E-state index in [-0.39, 0.29) is 36.5 Å². The zero-order valence-electron chi connectivity index (χ0n) is 17.7. The lowest BCUT2D eigenvalue weighted by Crippen LogP contribution is -2.38. The van der Waals surface area contributed by atoms with E-state index in [9.17, 15) is 23.8 Å². The number of nitrogens with one attached hydrogen (secondary N) is 1. The fourth-order valence-electron chi connectivity index (χ4n) is 3.66. The predicted octanol–water partition coefficient (Wildman–Crippen LogP) is 1.92. The molecular weight excluding hydrogens is 448 g/mol. The first-order chi connectivity index (χ1) is 16.4. The highest BCUT2D eigenvalue weighted by Crippen LogP contribution is 2.37. The predicted molar refractivity (Wildman–Crippen MR) is 114 cm³/mol. The maximum atomic E-state index is 14.6. The van der Waals surface area contributed by atoms with Crippen LogP contribution in [-0.4, -0.2) is 56.4 Å². The summed E-state index contributed by atoms with van der Waals surface area (Å²) in [5.41, 5.74) is -0.155. The molecule has 1 aromatic carbocycles. The molecule has 1 aliphatic rings. The Hall–Kier alpha value is -3.85.